The van der Waals surface area contributed by atoms with Crippen molar-refractivity contribution in [2.45, 2.75) is 57.4 Å². The van der Waals surface area contributed by atoms with E-state index in [4.69, 9.17) is 4.74 Å². The van der Waals surface area contributed by atoms with Crippen LogP contribution >= 0.6 is 0 Å². The van der Waals surface area contributed by atoms with Crippen molar-refractivity contribution in [3.05, 3.63) is 0 Å². The minimum absolute atomic E-state index is 0.543. The van der Waals surface area contributed by atoms with E-state index in [0.717, 1.165) is 37.5 Å². The van der Waals surface area contributed by atoms with E-state index in [-0.39, 0.29) is 0 Å². The maximum atomic E-state index is 5.41. The third-order valence-electron chi connectivity index (χ3n) is 5.21. The maximum absolute atomic E-state index is 5.41. The van der Waals surface area contributed by atoms with Gasteiger partial charge in [0.2, 0.25) is 0 Å². The first-order valence-electron chi connectivity index (χ1n) is 7.62. The topological polar surface area (TPSA) is 21.3 Å². The van der Waals surface area contributed by atoms with Gasteiger partial charge in [0.15, 0.2) is 0 Å². The van der Waals surface area contributed by atoms with Crippen molar-refractivity contribution in [1.82, 2.24) is 5.32 Å². The van der Waals surface area contributed by atoms with Crippen molar-refractivity contribution in [3.8, 4) is 0 Å². The Kier molecular flexibility index (Phi) is 3.45. The van der Waals surface area contributed by atoms with Gasteiger partial charge in [-0.15, -0.1) is 0 Å². The smallest absolute Gasteiger partial charge is 0.0477 e. The molecule has 2 nitrogen and oxygen atoms in total. The van der Waals surface area contributed by atoms with Crippen LogP contribution in [-0.2, 0) is 4.74 Å². The molecular weight excluding hydrogens is 210 g/mol. The van der Waals surface area contributed by atoms with E-state index < -0.39 is 0 Å². The lowest BCUT2D eigenvalue weighted by molar-refractivity contribution is -0.0203. The summed E-state index contributed by atoms with van der Waals surface area (Å²) in [6, 6.07) is 0. The zero-order valence-corrected chi connectivity index (χ0v) is 11.2. The van der Waals surface area contributed by atoms with Gasteiger partial charge in [0.25, 0.3) is 0 Å². The molecule has 0 atom stereocenters. The molecule has 4 rings (SSSR count). The highest BCUT2D eigenvalue weighted by molar-refractivity contribution is 5.06. The summed E-state index contributed by atoms with van der Waals surface area (Å²) in [5.74, 6) is 3.17. The highest BCUT2D eigenvalue weighted by atomic mass is 16.5. The summed E-state index contributed by atoms with van der Waals surface area (Å²) in [5, 5.41) is 3.91. The van der Waals surface area contributed by atoms with Crippen LogP contribution in [0.5, 0.6) is 0 Å². The zero-order valence-electron chi connectivity index (χ0n) is 11.2. The van der Waals surface area contributed by atoms with E-state index in [1.165, 1.54) is 25.7 Å². The molecular formula is C15H27NO. The molecule has 17 heavy (non-hydrogen) atoms. The van der Waals surface area contributed by atoms with Gasteiger partial charge in [-0.1, -0.05) is 0 Å². The van der Waals surface area contributed by atoms with Crippen LogP contribution in [0, 0.1) is 17.8 Å². The van der Waals surface area contributed by atoms with Crippen molar-refractivity contribution >= 4 is 0 Å². The Bertz CT molecular complexity index is 228. The fourth-order valence-corrected chi connectivity index (χ4v) is 5.00. The number of hydrogen-bond acceptors (Lipinski definition) is 2. The van der Waals surface area contributed by atoms with E-state index in [1.807, 2.05) is 0 Å². The number of hydrogen-bond donors (Lipinski definition) is 1. The summed E-state index contributed by atoms with van der Waals surface area (Å²) in [4.78, 5) is 0. The van der Waals surface area contributed by atoms with Crippen molar-refractivity contribution in [2.75, 3.05) is 19.8 Å². The first-order valence-corrected chi connectivity index (χ1v) is 7.62. The van der Waals surface area contributed by atoms with Gasteiger partial charge in [-0.25, -0.2) is 0 Å². The van der Waals surface area contributed by atoms with Crippen LogP contribution < -0.4 is 5.32 Å². The monoisotopic (exact) mass is 237 g/mol. The zero-order chi connectivity index (χ0) is 11.7. The number of rotatable bonds is 6. The molecule has 4 bridgehead atoms. The highest BCUT2D eigenvalue weighted by Crippen LogP contribution is 2.55. The minimum Gasteiger partial charge on any atom is -0.382 e. The second-order valence-electron chi connectivity index (χ2n) is 6.68. The van der Waals surface area contributed by atoms with E-state index in [9.17, 15) is 0 Å². The Morgan fingerprint density at radius 2 is 1.65 bits per heavy atom. The average Bonchev–Trinajstić information content (AvgIpc) is 2.26. The summed E-state index contributed by atoms with van der Waals surface area (Å²) in [5.41, 5.74) is 0.543. The summed E-state index contributed by atoms with van der Waals surface area (Å²) < 4.78 is 5.41. The molecule has 0 amide bonds. The predicted molar refractivity (Wildman–Crippen MR) is 70.0 cm³/mol. The molecule has 0 aromatic rings. The van der Waals surface area contributed by atoms with Gasteiger partial charge in [0.1, 0.15) is 0 Å². The Hall–Kier alpha value is -0.0800. The SMILES string of the molecule is CCOCCCNC12CC3CC(CC(C3)C1)C2. The summed E-state index contributed by atoms with van der Waals surface area (Å²) in [6.07, 6.45) is 10.2. The molecule has 4 aliphatic rings. The molecule has 0 unspecified atom stereocenters. The molecule has 4 aliphatic carbocycles. The molecule has 0 aromatic carbocycles. The summed E-state index contributed by atoms with van der Waals surface area (Å²) in [7, 11) is 0. The maximum Gasteiger partial charge on any atom is 0.0477 e. The second kappa shape index (κ2) is 4.89. The van der Waals surface area contributed by atoms with Crippen LogP contribution in [-0.4, -0.2) is 25.3 Å². The standard InChI is InChI=1S/C15H27NO/c1-2-17-5-3-4-16-15-9-12-6-13(10-15)8-14(7-12)11-15/h12-14,16H,2-11H2,1H3. The van der Waals surface area contributed by atoms with Crippen molar-refractivity contribution in [1.29, 1.82) is 0 Å². The van der Waals surface area contributed by atoms with Crippen LogP contribution in [0.15, 0.2) is 0 Å². The Morgan fingerprint density at radius 3 is 2.18 bits per heavy atom. The molecule has 0 spiro atoms. The van der Waals surface area contributed by atoms with Gasteiger partial charge in [-0.05, 0) is 76.2 Å². The van der Waals surface area contributed by atoms with Crippen molar-refractivity contribution < 1.29 is 4.74 Å². The first kappa shape index (κ1) is 12.0. The van der Waals surface area contributed by atoms with Crippen LogP contribution in [0.3, 0.4) is 0 Å². The van der Waals surface area contributed by atoms with Gasteiger partial charge < -0.3 is 10.1 Å². The largest absolute Gasteiger partial charge is 0.382 e. The van der Waals surface area contributed by atoms with Gasteiger partial charge in [0.05, 0.1) is 0 Å². The lowest BCUT2D eigenvalue weighted by Gasteiger charge is -2.57. The molecule has 98 valence electrons. The molecule has 0 saturated heterocycles. The average molecular weight is 237 g/mol. The predicted octanol–water partition coefficient (Wildman–Crippen LogP) is 2.97. The third-order valence-corrected chi connectivity index (χ3v) is 5.21. The van der Waals surface area contributed by atoms with Crippen LogP contribution in [0.4, 0.5) is 0 Å². The fourth-order valence-electron chi connectivity index (χ4n) is 5.00. The van der Waals surface area contributed by atoms with E-state index >= 15 is 0 Å². The van der Waals surface area contributed by atoms with Gasteiger partial charge in [-0.2, -0.15) is 0 Å². The van der Waals surface area contributed by atoms with Crippen LogP contribution in [0.1, 0.15) is 51.9 Å². The number of nitrogens with one attached hydrogen (secondary N) is 1. The normalized spacial score (nSPS) is 43.2. The third kappa shape index (κ3) is 2.53. The fraction of sp³-hybridized carbons (Fsp3) is 1.00. The lowest BCUT2D eigenvalue weighted by atomic mass is 9.53. The molecule has 4 saturated carbocycles. The molecule has 0 aromatic heterocycles. The van der Waals surface area contributed by atoms with Crippen LogP contribution in [0.2, 0.25) is 0 Å². The van der Waals surface area contributed by atoms with Crippen molar-refractivity contribution in [3.63, 3.8) is 0 Å². The van der Waals surface area contributed by atoms with E-state index in [1.54, 1.807) is 19.3 Å². The van der Waals surface area contributed by atoms with Gasteiger partial charge in [-0.3, -0.25) is 0 Å². The van der Waals surface area contributed by atoms with E-state index in [0.29, 0.717) is 5.54 Å². The summed E-state index contributed by atoms with van der Waals surface area (Å²) in [6.45, 7) is 5.02. The van der Waals surface area contributed by atoms with Gasteiger partial charge >= 0.3 is 0 Å². The molecule has 0 radical (unpaired) electrons. The quantitative estimate of drug-likeness (QED) is 0.717. The first-order chi connectivity index (χ1) is 8.30. The Labute approximate surface area is 105 Å². The highest BCUT2D eigenvalue weighted by Gasteiger charge is 2.50. The Balaban J connectivity index is 1.49. The minimum atomic E-state index is 0.543. The molecule has 0 heterocycles. The molecule has 4 fully saturated rings. The summed E-state index contributed by atoms with van der Waals surface area (Å²) >= 11 is 0. The molecule has 0 aliphatic heterocycles. The van der Waals surface area contributed by atoms with Crippen LogP contribution in [0.25, 0.3) is 0 Å². The molecule has 1 N–H and O–H groups in total. The Morgan fingerprint density at radius 1 is 1.06 bits per heavy atom. The van der Waals surface area contributed by atoms with Gasteiger partial charge in [0, 0.05) is 18.8 Å². The second-order valence-corrected chi connectivity index (χ2v) is 6.68. The van der Waals surface area contributed by atoms with Crippen molar-refractivity contribution in [2.24, 2.45) is 17.8 Å². The number of ether oxygens (including phenoxy) is 1. The lowest BCUT2D eigenvalue weighted by Crippen LogP contribution is -2.58. The molecule has 2 heteroatoms. The van der Waals surface area contributed by atoms with E-state index in [2.05, 4.69) is 12.2 Å².